The van der Waals surface area contributed by atoms with Gasteiger partial charge in [-0.25, -0.2) is 0 Å². The van der Waals surface area contributed by atoms with Crippen LogP contribution in [0, 0.1) is 0 Å². The van der Waals surface area contributed by atoms with Crippen LogP contribution in [0.15, 0.2) is 24.3 Å². The smallest absolute Gasteiger partial charge is 0.309 e. The number of halogens is 1. The monoisotopic (exact) mass is 338 g/mol. The number of hydrogen-bond acceptors (Lipinski definition) is 2. The first-order chi connectivity index (χ1) is 11.1. The van der Waals surface area contributed by atoms with Gasteiger partial charge in [-0.3, -0.25) is 9.59 Å². The van der Waals surface area contributed by atoms with Crippen LogP contribution in [0.3, 0.4) is 0 Å². The van der Waals surface area contributed by atoms with Crippen molar-refractivity contribution in [1.29, 1.82) is 0 Å². The lowest BCUT2D eigenvalue weighted by Crippen LogP contribution is -2.40. The fourth-order valence-corrected chi connectivity index (χ4v) is 2.37. The molecule has 23 heavy (non-hydrogen) atoms. The normalized spacial score (nSPS) is 10.3. The van der Waals surface area contributed by atoms with E-state index in [-0.39, 0.29) is 0 Å². The lowest BCUT2D eigenvalue weighted by Gasteiger charge is -2.07. The summed E-state index contributed by atoms with van der Waals surface area (Å²) in [5.74, 6) is -1.11. The predicted octanol–water partition coefficient (Wildman–Crippen LogP) is 3.48. The van der Waals surface area contributed by atoms with Crippen LogP contribution < -0.4 is 10.6 Å². The van der Waals surface area contributed by atoms with Gasteiger partial charge in [0, 0.05) is 18.1 Å². The average Bonchev–Trinajstić information content (AvgIpc) is 2.55. The number of hydrogen-bond donors (Lipinski definition) is 2. The summed E-state index contributed by atoms with van der Waals surface area (Å²) in [6.07, 6.45) is 7.63. The summed E-state index contributed by atoms with van der Waals surface area (Å²) in [7, 11) is 0. The Labute approximate surface area is 144 Å². The van der Waals surface area contributed by atoms with E-state index in [0.717, 1.165) is 18.4 Å². The van der Waals surface area contributed by atoms with Gasteiger partial charge in [-0.05, 0) is 30.5 Å². The minimum Gasteiger partial charge on any atom is -0.348 e. The number of rotatable bonds is 10. The van der Waals surface area contributed by atoms with Crippen LogP contribution in [0.2, 0.25) is 5.02 Å². The van der Waals surface area contributed by atoms with Crippen molar-refractivity contribution < 1.29 is 9.59 Å². The lowest BCUT2D eigenvalue weighted by atomic mass is 10.1. The molecule has 0 aliphatic carbocycles. The molecule has 128 valence electrons. The van der Waals surface area contributed by atoms with Crippen molar-refractivity contribution in [3.8, 4) is 0 Å². The van der Waals surface area contributed by atoms with E-state index in [1.165, 1.54) is 25.7 Å². The number of carbonyl (C=O) groups excluding carboxylic acids is 2. The maximum absolute atomic E-state index is 11.6. The Bertz CT molecular complexity index is 474. The molecule has 2 N–H and O–H groups in total. The van der Waals surface area contributed by atoms with Gasteiger partial charge in [0.05, 0.1) is 0 Å². The first kappa shape index (κ1) is 19.5. The fraction of sp³-hybridized carbons (Fsp3) is 0.556. The highest BCUT2D eigenvalue weighted by Gasteiger charge is 2.11. The zero-order chi connectivity index (χ0) is 16.9. The molecular weight excluding hydrogens is 312 g/mol. The maximum atomic E-state index is 11.6. The van der Waals surface area contributed by atoms with Crippen LogP contribution in [0.1, 0.15) is 51.0 Å². The molecule has 0 unspecified atom stereocenters. The van der Waals surface area contributed by atoms with E-state index in [1.54, 1.807) is 0 Å². The largest absolute Gasteiger partial charge is 0.348 e. The molecule has 4 nitrogen and oxygen atoms in total. The zero-order valence-corrected chi connectivity index (χ0v) is 14.6. The lowest BCUT2D eigenvalue weighted by molar-refractivity contribution is -0.139. The van der Waals surface area contributed by atoms with Crippen LogP contribution in [0.5, 0.6) is 0 Å². The van der Waals surface area contributed by atoms with Gasteiger partial charge in [0.1, 0.15) is 0 Å². The van der Waals surface area contributed by atoms with Crippen molar-refractivity contribution >= 4 is 23.4 Å². The third-order valence-corrected chi connectivity index (χ3v) is 3.89. The molecule has 1 aromatic carbocycles. The zero-order valence-electron chi connectivity index (χ0n) is 13.9. The van der Waals surface area contributed by atoms with Gasteiger partial charge >= 0.3 is 11.8 Å². The molecule has 1 rings (SSSR count). The highest BCUT2D eigenvalue weighted by Crippen LogP contribution is 2.09. The molecule has 0 aromatic heterocycles. The molecular formula is C18H27ClN2O2. The topological polar surface area (TPSA) is 58.2 Å². The summed E-state index contributed by atoms with van der Waals surface area (Å²) in [5.41, 5.74) is 1.07. The van der Waals surface area contributed by atoms with E-state index >= 15 is 0 Å². The first-order valence-electron chi connectivity index (χ1n) is 8.44. The molecule has 0 aliphatic heterocycles. The molecule has 5 heteroatoms. The Balaban J connectivity index is 2.07. The van der Waals surface area contributed by atoms with E-state index < -0.39 is 11.8 Å². The number of benzene rings is 1. The average molecular weight is 339 g/mol. The van der Waals surface area contributed by atoms with Crippen molar-refractivity contribution in [1.82, 2.24) is 10.6 Å². The molecule has 0 saturated carbocycles. The third-order valence-electron chi connectivity index (χ3n) is 3.63. The number of unbranched alkanes of at least 4 members (excludes halogenated alkanes) is 5. The van der Waals surface area contributed by atoms with Crippen molar-refractivity contribution in [2.24, 2.45) is 0 Å². The van der Waals surface area contributed by atoms with Crippen molar-refractivity contribution in [3.63, 3.8) is 0 Å². The second-order valence-corrected chi connectivity index (χ2v) is 6.09. The van der Waals surface area contributed by atoms with Crippen molar-refractivity contribution in [2.75, 3.05) is 13.1 Å². The Morgan fingerprint density at radius 2 is 1.43 bits per heavy atom. The summed E-state index contributed by atoms with van der Waals surface area (Å²) < 4.78 is 0. The Morgan fingerprint density at radius 3 is 2.09 bits per heavy atom. The van der Waals surface area contributed by atoms with Gasteiger partial charge in [0.25, 0.3) is 0 Å². The molecule has 0 aliphatic rings. The molecule has 0 saturated heterocycles. The predicted molar refractivity (Wildman–Crippen MR) is 94.6 cm³/mol. The summed E-state index contributed by atoms with van der Waals surface area (Å²) in [6.45, 7) is 3.19. The second kappa shape index (κ2) is 11.9. The number of carbonyl (C=O) groups is 2. The van der Waals surface area contributed by atoms with Gasteiger partial charge in [0.2, 0.25) is 0 Å². The maximum Gasteiger partial charge on any atom is 0.309 e. The number of amides is 2. The molecule has 0 fully saturated rings. The highest BCUT2D eigenvalue weighted by atomic mass is 35.5. The van der Waals surface area contributed by atoms with Gasteiger partial charge < -0.3 is 10.6 Å². The Kier molecular flexibility index (Phi) is 10.1. The van der Waals surface area contributed by atoms with E-state index in [9.17, 15) is 9.59 Å². The second-order valence-electron chi connectivity index (χ2n) is 5.66. The minimum absolute atomic E-state index is 0.435. The molecule has 2 amide bonds. The van der Waals surface area contributed by atoms with Crippen molar-refractivity contribution in [3.05, 3.63) is 34.9 Å². The van der Waals surface area contributed by atoms with Crippen LogP contribution in [0.4, 0.5) is 0 Å². The summed E-state index contributed by atoms with van der Waals surface area (Å²) in [4.78, 5) is 23.3. The number of nitrogens with one attached hydrogen (secondary N) is 2. The van der Waals surface area contributed by atoms with Gasteiger partial charge in [-0.1, -0.05) is 62.8 Å². The van der Waals surface area contributed by atoms with Gasteiger partial charge in [0.15, 0.2) is 0 Å². The SMILES string of the molecule is CCCCCCCCNC(=O)C(=O)NCCc1ccc(Cl)cc1. The van der Waals surface area contributed by atoms with Gasteiger partial charge in [-0.15, -0.1) is 0 Å². The van der Waals surface area contributed by atoms with E-state index in [0.29, 0.717) is 24.5 Å². The van der Waals surface area contributed by atoms with E-state index in [1.807, 2.05) is 24.3 Å². The van der Waals surface area contributed by atoms with E-state index in [4.69, 9.17) is 11.6 Å². The summed E-state index contributed by atoms with van der Waals surface area (Å²) in [5, 5.41) is 5.98. The highest BCUT2D eigenvalue weighted by molar-refractivity contribution is 6.35. The van der Waals surface area contributed by atoms with Crippen LogP contribution in [0.25, 0.3) is 0 Å². The fourth-order valence-electron chi connectivity index (χ4n) is 2.24. The molecule has 0 radical (unpaired) electrons. The molecule has 0 bridgehead atoms. The quantitative estimate of drug-likeness (QED) is 0.507. The van der Waals surface area contributed by atoms with Crippen molar-refractivity contribution in [2.45, 2.75) is 51.9 Å². The Morgan fingerprint density at radius 1 is 0.870 bits per heavy atom. The summed E-state index contributed by atoms with van der Waals surface area (Å²) >= 11 is 5.81. The van der Waals surface area contributed by atoms with E-state index in [2.05, 4.69) is 17.6 Å². The molecule has 0 atom stereocenters. The first-order valence-corrected chi connectivity index (χ1v) is 8.81. The van der Waals surface area contributed by atoms with Crippen LogP contribution >= 0.6 is 11.6 Å². The molecule has 0 spiro atoms. The Hall–Kier alpha value is -1.55. The summed E-state index contributed by atoms with van der Waals surface area (Å²) in [6, 6.07) is 7.44. The minimum atomic E-state index is -0.565. The molecule has 1 aromatic rings. The third kappa shape index (κ3) is 9.24. The van der Waals surface area contributed by atoms with Crippen LogP contribution in [-0.2, 0) is 16.0 Å². The molecule has 0 heterocycles. The van der Waals surface area contributed by atoms with Crippen LogP contribution in [-0.4, -0.2) is 24.9 Å². The van der Waals surface area contributed by atoms with Gasteiger partial charge in [-0.2, -0.15) is 0 Å². The standard InChI is InChI=1S/C18H27ClN2O2/c1-2-3-4-5-6-7-13-20-17(22)18(23)21-14-12-15-8-10-16(19)11-9-15/h8-11H,2-7,12-14H2,1H3,(H,20,22)(H,21,23).